The molecule has 1 saturated carbocycles. The number of carbonyl (C=O) groups is 2. The number of aryl methyl sites for hydroxylation is 1. The smallest absolute Gasteiger partial charge is 0.315 e. The van der Waals surface area contributed by atoms with E-state index in [1.807, 2.05) is 11.0 Å². The van der Waals surface area contributed by atoms with Crippen LogP contribution in [-0.2, 0) is 11.3 Å². The van der Waals surface area contributed by atoms with Gasteiger partial charge in [0.15, 0.2) is 0 Å². The van der Waals surface area contributed by atoms with Crippen LogP contribution in [0.5, 0.6) is 0 Å². The van der Waals surface area contributed by atoms with Gasteiger partial charge in [0.25, 0.3) is 0 Å². The molecule has 2 heterocycles. The van der Waals surface area contributed by atoms with Crippen molar-refractivity contribution in [3.8, 4) is 0 Å². The van der Waals surface area contributed by atoms with E-state index in [2.05, 4.69) is 40.7 Å². The van der Waals surface area contributed by atoms with Crippen molar-refractivity contribution in [2.45, 2.75) is 51.6 Å². The second kappa shape index (κ2) is 9.08. The molecule has 2 aromatic rings. The Labute approximate surface area is 177 Å². The number of H-pyrrole nitrogens is 1. The van der Waals surface area contributed by atoms with E-state index in [0.717, 1.165) is 48.8 Å². The van der Waals surface area contributed by atoms with Gasteiger partial charge in [0.05, 0.1) is 6.54 Å². The van der Waals surface area contributed by atoms with Crippen LogP contribution in [0.1, 0.15) is 43.4 Å². The zero-order valence-electron chi connectivity index (χ0n) is 17.6. The zero-order valence-corrected chi connectivity index (χ0v) is 17.6. The maximum atomic E-state index is 12.6. The van der Waals surface area contributed by atoms with Crippen molar-refractivity contribution >= 4 is 22.8 Å². The first-order chi connectivity index (χ1) is 14.5. The Morgan fingerprint density at radius 3 is 2.80 bits per heavy atom. The van der Waals surface area contributed by atoms with Gasteiger partial charge in [0.1, 0.15) is 0 Å². The van der Waals surface area contributed by atoms with Crippen LogP contribution in [0.15, 0.2) is 24.3 Å². The third-order valence-electron chi connectivity index (χ3n) is 6.63. The molecular weight excluding hydrogens is 380 g/mol. The minimum atomic E-state index is -0.205. The number of aliphatic hydroxyl groups excluding tert-OH is 1. The molecular formula is C23H32N4O3. The van der Waals surface area contributed by atoms with Crippen molar-refractivity contribution in [3.05, 3.63) is 35.5 Å². The zero-order chi connectivity index (χ0) is 21.1. The fourth-order valence-electron chi connectivity index (χ4n) is 4.64. The van der Waals surface area contributed by atoms with Gasteiger partial charge in [-0.15, -0.1) is 0 Å². The van der Waals surface area contributed by atoms with Gasteiger partial charge in [-0.25, -0.2) is 4.79 Å². The fraction of sp³-hybridized carbons (Fsp3) is 0.565. The predicted octanol–water partition coefficient (Wildman–Crippen LogP) is 2.68. The maximum Gasteiger partial charge on any atom is 0.315 e. The minimum Gasteiger partial charge on any atom is -0.396 e. The number of aliphatic hydroxyl groups is 1. The van der Waals surface area contributed by atoms with E-state index in [9.17, 15) is 14.7 Å². The summed E-state index contributed by atoms with van der Waals surface area (Å²) >= 11 is 0. The lowest BCUT2D eigenvalue weighted by Gasteiger charge is -2.38. The Morgan fingerprint density at radius 1 is 1.20 bits per heavy atom. The van der Waals surface area contributed by atoms with Gasteiger partial charge in [0, 0.05) is 43.4 Å². The molecule has 1 aromatic heterocycles. The van der Waals surface area contributed by atoms with Crippen LogP contribution in [0.25, 0.3) is 10.9 Å². The lowest BCUT2D eigenvalue weighted by atomic mass is 9.72. The van der Waals surface area contributed by atoms with Crippen molar-refractivity contribution in [1.82, 2.24) is 20.5 Å². The number of aromatic amines is 1. The molecule has 3 atom stereocenters. The molecule has 2 aliphatic rings. The van der Waals surface area contributed by atoms with Crippen LogP contribution in [0.3, 0.4) is 0 Å². The van der Waals surface area contributed by atoms with Gasteiger partial charge in [-0.05, 0) is 68.0 Å². The van der Waals surface area contributed by atoms with Gasteiger partial charge in [0.2, 0.25) is 5.91 Å². The summed E-state index contributed by atoms with van der Waals surface area (Å²) in [5, 5.41) is 16.4. The first-order valence-corrected chi connectivity index (χ1v) is 11.0. The molecule has 1 saturated heterocycles. The molecule has 2 fully saturated rings. The Hall–Kier alpha value is -2.54. The first kappa shape index (κ1) is 20.7. The van der Waals surface area contributed by atoms with Crippen LogP contribution in [0.4, 0.5) is 4.79 Å². The Balaban J connectivity index is 1.24. The molecule has 162 valence electrons. The van der Waals surface area contributed by atoms with E-state index in [-0.39, 0.29) is 30.5 Å². The quantitative estimate of drug-likeness (QED) is 0.587. The largest absolute Gasteiger partial charge is 0.396 e. The lowest BCUT2D eigenvalue weighted by Crippen LogP contribution is -2.52. The molecule has 7 heteroatoms. The number of rotatable bonds is 6. The highest BCUT2D eigenvalue weighted by Crippen LogP contribution is 2.36. The molecule has 4 rings (SSSR count). The third-order valence-corrected chi connectivity index (χ3v) is 6.63. The SMILES string of the molecule is Cc1ccc2[nH]c(CNC(=O)N[C@@H]3CCCN(C(=O)CC4CCC4CO)C3)cc2c1. The number of carbonyl (C=O) groups excluding carboxylic acids is 2. The van der Waals surface area contributed by atoms with E-state index in [1.165, 1.54) is 5.56 Å². The van der Waals surface area contributed by atoms with E-state index < -0.39 is 0 Å². The number of nitrogens with zero attached hydrogens (tertiary/aromatic N) is 1. The number of hydrogen-bond donors (Lipinski definition) is 4. The number of hydrogen-bond acceptors (Lipinski definition) is 3. The highest BCUT2D eigenvalue weighted by atomic mass is 16.3. The second-order valence-corrected chi connectivity index (χ2v) is 8.88. The van der Waals surface area contributed by atoms with E-state index >= 15 is 0 Å². The normalized spacial score (nSPS) is 23.8. The van der Waals surface area contributed by atoms with Crippen molar-refractivity contribution in [3.63, 3.8) is 0 Å². The fourth-order valence-corrected chi connectivity index (χ4v) is 4.64. The molecule has 1 aliphatic heterocycles. The molecule has 1 aliphatic carbocycles. The van der Waals surface area contributed by atoms with Crippen LogP contribution in [-0.4, -0.2) is 52.7 Å². The number of fused-ring (bicyclic) bond motifs is 1. The predicted molar refractivity (Wildman–Crippen MR) is 116 cm³/mol. The highest BCUT2D eigenvalue weighted by molar-refractivity contribution is 5.81. The van der Waals surface area contributed by atoms with Crippen LogP contribution in [0, 0.1) is 18.8 Å². The molecule has 3 amide bonds. The summed E-state index contributed by atoms with van der Waals surface area (Å²) in [5.41, 5.74) is 3.23. The van der Waals surface area contributed by atoms with Gasteiger partial charge in [-0.2, -0.15) is 0 Å². The molecule has 0 radical (unpaired) electrons. The average molecular weight is 413 g/mol. The summed E-state index contributed by atoms with van der Waals surface area (Å²) in [6.45, 7) is 3.99. The van der Waals surface area contributed by atoms with E-state index in [1.54, 1.807) is 0 Å². The van der Waals surface area contributed by atoms with Crippen molar-refractivity contribution < 1.29 is 14.7 Å². The lowest BCUT2D eigenvalue weighted by molar-refractivity contribution is -0.135. The molecule has 30 heavy (non-hydrogen) atoms. The number of urea groups is 1. The Morgan fingerprint density at radius 2 is 2.03 bits per heavy atom. The van der Waals surface area contributed by atoms with Gasteiger partial charge < -0.3 is 25.6 Å². The Kier molecular flexibility index (Phi) is 6.27. The molecule has 0 spiro atoms. The van der Waals surface area contributed by atoms with Gasteiger partial charge >= 0.3 is 6.03 Å². The average Bonchev–Trinajstić information content (AvgIpc) is 3.12. The Bertz CT molecular complexity index is 907. The van der Waals surface area contributed by atoms with Crippen LogP contribution < -0.4 is 10.6 Å². The summed E-state index contributed by atoms with van der Waals surface area (Å²) in [7, 11) is 0. The van der Waals surface area contributed by atoms with Crippen LogP contribution >= 0.6 is 0 Å². The minimum absolute atomic E-state index is 0.0249. The number of likely N-dealkylation sites (tertiary alicyclic amines) is 1. The monoisotopic (exact) mass is 412 g/mol. The maximum absolute atomic E-state index is 12.6. The summed E-state index contributed by atoms with van der Waals surface area (Å²) in [6, 6.07) is 8.06. The number of nitrogens with one attached hydrogen (secondary N) is 3. The van der Waals surface area contributed by atoms with Crippen LogP contribution in [0.2, 0.25) is 0 Å². The number of benzene rings is 1. The van der Waals surface area contributed by atoms with E-state index in [0.29, 0.717) is 25.4 Å². The van der Waals surface area contributed by atoms with E-state index in [4.69, 9.17) is 0 Å². The van der Waals surface area contributed by atoms with Crippen molar-refractivity contribution in [2.24, 2.45) is 11.8 Å². The number of amides is 3. The van der Waals surface area contributed by atoms with Crippen molar-refractivity contribution in [2.75, 3.05) is 19.7 Å². The molecule has 2 unspecified atom stereocenters. The molecule has 7 nitrogen and oxygen atoms in total. The summed E-state index contributed by atoms with van der Waals surface area (Å²) < 4.78 is 0. The molecule has 4 N–H and O–H groups in total. The number of aromatic nitrogens is 1. The molecule has 1 aromatic carbocycles. The summed E-state index contributed by atoms with van der Waals surface area (Å²) in [5.74, 6) is 0.754. The van der Waals surface area contributed by atoms with Gasteiger partial charge in [-0.3, -0.25) is 4.79 Å². The summed E-state index contributed by atoms with van der Waals surface area (Å²) in [4.78, 5) is 30.2. The first-order valence-electron chi connectivity index (χ1n) is 11.0. The second-order valence-electron chi connectivity index (χ2n) is 8.88. The third kappa shape index (κ3) is 4.78. The standard InChI is InChI=1S/C23H32N4O3/c1-15-4-7-21-18(9-15)10-20(25-21)12-24-23(30)26-19-3-2-8-27(13-19)22(29)11-16-5-6-17(16)14-28/h4,7,9-10,16-17,19,25,28H,2-3,5-6,8,11-14H2,1H3,(H2,24,26,30)/t16?,17?,19-/m1/s1. The highest BCUT2D eigenvalue weighted by Gasteiger charge is 2.34. The van der Waals surface area contributed by atoms with Crippen molar-refractivity contribution in [1.29, 1.82) is 0 Å². The summed E-state index contributed by atoms with van der Waals surface area (Å²) in [6.07, 6.45) is 4.35. The number of piperidine rings is 1. The topological polar surface area (TPSA) is 97.5 Å². The molecule has 0 bridgehead atoms. The van der Waals surface area contributed by atoms with Gasteiger partial charge in [-0.1, -0.05) is 11.6 Å².